The molecule has 0 heterocycles. The zero-order chi connectivity index (χ0) is 12.8. The van der Waals surface area contributed by atoms with Crippen molar-refractivity contribution in [3.63, 3.8) is 0 Å². The fraction of sp³-hybridized carbons (Fsp3) is 0.333. The van der Waals surface area contributed by atoms with Crippen molar-refractivity contribution in [1.82, 2.24) is 5.32 Å². The lowest BCUT2D eigenvalue weighted by Gasteiger charge is -2.13. The Morgan fingerprint density at radius 3 is 2.47 bits per heavy atom. The average Bonchev–Trinajstić information content (AvgIpc) is 2.30. The van der Waals surface area contributed by atoms with Crippen molar-refractivity contribution >= 4 is 23.5 Å². The molecule has 5 heteroatoms. The summed E-state index contributed by atoms with van der Waals surface area (Å²) in [5, 5.41) is 3.17. The third-order valence-electron chi connectivity index (χ3n) is 2.18. The minimum absolute atomic E-state index is 0.182. The molecule has 1 atom stereocenters. The van der Waals surface area contributed by atoms with Crippen LogP contribution in [0.25, 0.3) is 0 Å². The molecule has 0 aliphatic heterocycles. The lowest BCUT2D eigenvalue weighted by molar-refractivity contribution is -0.154. The van der Waals surface area contributed by atoms with Gasteiger partial charge in [-0.1, -0.05) is 23.7 Å². The van der Waals surface area contributed by atoms with Gasteiger partial charge in [0.2, 0.25) is 0 Å². The van der Waals surface area contributed by atoms with E-state index in [1.54, 1.807) is 38.1 Å². The van der Waals surface area contributed by atoms with Crippen LogP contribution in [0.3, 0.4) is 0 Å². The Morgan fingerprint density at radius 2 is 1.94 bits per heavy atom. The highest BCUT2D eigenvalue weighted by Crippen LogP contribution is 2.15. The van der Waals surface area contributed by atoms with Crippen LogP contribution in [0.4, 0.5) is 0 Å². The van der Waals surface area contributed by atoms with Crippen molar-refractivity contribution in [3.05, 3.63) is 34.9 Å². The molecule has 1 amide bonds. The van der Waals surface area contributed by atoms with Crippen LogP contribution in [-0.2, 0) is 14.3 Å². The summed E-state index contributed by atoms with van der Waals surface area (Å²) in [5.74, 6) is -1.61. The highest BCUT2D eigenvalue weighted by Gasteiger charge is 2.17. The summed E-state index contributed by atoms with van der Waals surface area (Å²) >= 11 is 5.75. The zero-order valence-corrected chi connectivity index (χ0v) is 10.5. The summed E-state index contributed by atoms with van der Waals surface area (Å²) in [7, 11) is 0. The Hall–Kier alpha value is -1.55. The quantitative estimate of drug-likeness (QED) is 0.665. The first-order valence-electron chi connectivity index (χ1n) is 5.27. The van der Waals surface area contributed by atoms with Gasteiger partial charge < -0.3 is 10.1 Å². The van der Waals surface area contributed by atoms with Crippen molar-refractivity contribution in [2.45, 2.75) is 19.9 Å². The minimum Gasteiger partial charge on any atom is -0.459 e. The lowest BCUT2D eigenvalue weighted by atomic mass is 10.1. The molecule has 1 N–H and O–H groups in total. The van der Waals surface area contributed by atoms with Crippen LogP contribution in [-0.4, -0.2) is 18.5 Å². The molecule has 0 fully saturated rings. The summed E-state index contributed by atoms with van der Waals surface area (Å²) in [6.07, 6.45) is 0. The molecular weight excluding hydrogens is 242 g/mol. The Bertz CT molecular complexity index is 403. The van der Waals surface area contributed by atoms with Crippen molar-refractivity contribution in [3.8, 4) is 0 Å². The maximum Gasteiger partial charge on any atom is 0.396 e. The fourth-order valence-corrected chi connectivity index (χ4v) is 1.41. The highest BCUT2D eigenvalue weighted by atomic mass is 35.5. The molecular formula is C12H14ClNO3. The molecule has 0 saturated carbocycles. The Morgan fingerprint density at radius 1 is 1.35 bits per heavy atom. The number of halogens is 1. The molecule has 0 spiro atoms. The topological polar surface area (TPSA) is 55.4 Å². The number of carbonyl (C=O) groups is 2. The number of nitrogens with one attached hydrogen (secondary N) is 1. The SMILES string of the molecule is CCOC(=O)C(=O)NC(C)c1ccc(Cl)cc1. The molecule has 0 aromatic heterocycles. The predicted molar refractivity (Wildman–Crippen MR) is 64.6 cm³/mol. The molecule has 0 radical (unpaired) electrons. The van der Waals surface area contributed by atoms with E-state index in [2.05, 4.69) is 10.1 Å². The van der Waals surface area contributed by atoms with Gasteiger partial charge in [-0.15, -0.1) is 0 Å². The van der Waals surface area contributed by atoms with Gasteiger partial charge in [-0.05, 0) is 31.5 Å². The summed E-state index contributed by atoms with van der Waals surface area (Å²) in [4.78, 5) is 22.5. The molecule has 1 aromatic rings. The van der Waals surface area contributed by atoms with Gasteiger partial charge in [-0.2, -0.15) is 0 Å². The van der Waals surface area contributed by atoms with Crippen LogP contribution in [0, 0.1) is 0 Å². The van der Waals surface area contributed by atoms with E-state index in [1.807, 2.05) is 0 Å². The Kier molecular flexibility index (Phi) is 4.97. The number of carbonyl (C=O) groups excluding carboxylic acids is 2. The smallest absolute Gasteiger partial charge is 0.396 e. The summed E-state index contributed by atoms with van der Waals surface area (Å²) < 4.78 is 4.59. The number of benzene rings is 1. The van der Waals surface area contributed by atoms with E-state index < -0.39 is 11.9 Å². The van der Waals surface area contributed by atoms with Gasteiger partial charge in [0, 0.05) is 5.02 Å². The van der Waals surface area contributed by atoms with Crippen molar-refractivity contribution in [1.29, 1.82) is 0 Å². The van der Waals surface area contributed by atoms with Gasteiger partial charge in [0.15, 0.2) is 0 Å². The fourth-order valence-electron chi connectivity index (χ4n) is 1.29. The normalized spacial score (nSPS) is 11.7. The monoisotopic (exact) mass is 255 g/mol. The van der Waals surface area contributed by atoms with Gasteiger partial charge in [0.05, 0.1) is 12.6 Å². The zero-order valence-electron chi connectivity index (χ0n) is 9.70. The van der Waals surface area contributed by atoms with Crippen LogP contribution in [0.15, 0.2) is 24.3 Å². The highest BCUT2D eigenvalue weighted by molar-refractivity contribution is 6.32. The Balaban J connectivity index is 2.60. The van der Waals surface area contributed by atoms with E-state index in [-0.39, 0.29) is 12.6 Å². The first kappa shape index (κ1) is 13.5. The van der Waals surface area contributed by atoms with E-state index in [1.165, 1.54) is 0 Å². The molecule has 1 rings (SSSR count). The number of hydrogen-bond acceptors (Lipinski definition) is 3. The van der Waals surface area contributed by atoms with Crippen LogP contribution in [0.2, 0.25) is 5.02 Å². The first-order valence-corrected chi connectivity index (χ1v) is 5.65. The van der Waals surface area contributed by atoms with E-state index in [9.17, 15) is 9.59 Å². The second-order valence-electron chi connectivity index (χ2n) is 3.47. The van der Waals surface area contributed by atoms with E-state index in [4.69, 9.17) is 11.6 Å². The standard InChI is InChI=1S/C12H14ClNO3/c1-3-17-12(16)11(15)14-8(2)9-4-6-10(13)7-5-9/h4-8H,3H2,1-2H3,(H,14,15). The Labute approximate surface area is 105 Å². The number of rotatable bonds is 3. The van der Waals surface area contributed by atoms with E-state index in [0.29, 0.717) is 5.02 Å². The van der Waals surface area contributed by atoms with Crippen molar-refractivity contribution in [2.24, 2.45) is 0 Å². The predicted octanol–water partition coefficient (Wildman–Crippen LogP) is 2.08. The number of esters is 1. The third-order valence-corrected chi connectivity index (χ3v) is 2.43. The average molecular weight is 256 g/mol. The molecule has 0 aliphatic rings. The number of hydrogen-bond donors (Lipinski definition) is 1. The molecule has 0 aliphatic carbocycles. The second kappa shape index (κ2) is 6.25. The second-order valence-corrected chi connectivity index (χ2v) is 3.90. The van der Waals surface area contributed by atoms with E-state index in [0.717, 1.165) is 5.56 Å². The minimum atomic E-state index is -0.867. The first-order chi connectivity index (χ1) is 8.04. The largest absolute Gasteiger partial charge is 0.459 e. The van der Waals surface area contributed by atoms with Crippen LogP contribution in [0.5, 0.6) is 0 Å². The van der Waals surface area contributed by atoms with Crippen LogP contribution < -0.4 is 5.32 Å². The summed E-state index contributed by atoms with van der Waals surface area (Å²) in [6, 6.07) is 6.76. The summed E-state index contributed by atoms with van der Waals surface area (Å²) in [6.45, 7) is 3.61. The molecule has 0 saturated heterocycles. The molecule has 4 nitrogen and oxygen atoms in total. The molecule has 1 unspecified atom stereocenters. The third kappa shape index (κ3) is 4.07. The van der Waals surface area contributed by atoms with Gasteiger partial charge >= 0.3 is 11.9 Å². The number of ether oxygens (including phenoxy) is 1. The molecule has 17 heavy (non-hydrogen) atoms. The molecule has 1 aromatic carbocycles. The molecule has 0 bridgehead atoms. The number of amides is 1. The summed E-state index contributed by atoms with van der Waals surface area (Å²) in [5.41, 5.74) is 0.868. The van der Waals surface area contributed by atoms with Crippen molar-refractivity contribution in [2.75, 3.05) is 6.61 Å². The van der Waals surface area contributed by atoms with Crippen LogP contribution >= 0.6 is 11.6 Å². The van der Waals surface area contributed by atoms with Gasteiger partial charge in [0.1, 0.15) is 0 Å². The van der Waals surface area contributed by atoms with Gasteiger partial charge in [-0.3, -0.25) is 4.79 Å². The van der Waals surface area contributed by atoms with E-state index >= 15 is 0 Å². The van der Waals surface area contributed by atoms with Gasteiger partial charge in [-0.25, -0.2) is 4.79 Å². The molecule has 92 valence electrons. The maximum atomic E-state index is 11.4. The van der Waals surface area contributed by atoms with Gasteiger partial charge in [0.25, 0.3) is 0 Å². The maximum absolute atomic E-state index is 11.4. The van der Waals surface area contributed by atoms with Crippen molar-refractivity contribution < 1.29 is 14.3 Å². The van der Waals surface area contributed by atoms with Crippen LogP contribution in [0.1, 0.15) is 25.5 Å². The lowest BCUT2D eigenvalue weighted by Crippen LogP contribution is -2.34.